The summed E-state index contributed by atoms with van der Waals surface area (Å²) in [5.74, 6) is -1.13. The third-order valence-electron chi connectivity index (χ3n) is 2.75. The Bertz CT molecular complexity index is 826. The highest BCUT2D eigenvalue weighted by Crippen LogP contribution is 2.17. The highest BCUT2D eigenvalue weighted by Gasteiger charge is 2.19. The maximum atomic E-state index is 11.6. The molecule has 0 unspecified atom stereocenters. The van der Waals surface area contributed by atoms with Crippen LogP contribution in [0.5, 0.6) is 0 Å². The third kappa shape index (κ3) is 9.48. The fourth-order valence-corrected chi connectivity index (χ4v) is 3.15. The molecular formula is C18H25N3O6S2. The lowest BCUT2D eigenvalue weighted by Gasteiger charge is -2.18. The summed E-state index contributed by atoms with van der Waals surface area (Å²) in [5.41, 5.74) is 4.80. The summed E-state index contributed by atoms with van der Waals surface area (Å²) in [7, 11) is 0. The van der Waals surface area contributed by atoms with E-state index in [0.29, 0.717) is 33.1 Å². The summed E-state index contributed by atoms with van der Waals surface area (Å²) >= 11 is 2.28. The smallest absolute Gasteiger partial charge is 0.350 e. The van der Waals surface area contributed by atoms with Crippen LogP contribution >= 0.6 is 22.7 Å². The monoisotopic (exact) mass is 443 g/mol. The number of nitrogen functional groups attached to an aromatic ring is 1. The number of aromatic nitrogens is 2. The number of rotatable bonds is 6. The van der Waals surface area contributed by atoms with E-state index in [0.717, 1.165) is 22.7 Å². The summed E-state index contributed by atoms with van der Waals surface area (Å²) in [6.45, 7) is 9.59. The molecule has 0 fully saturated rings. The van der Waals surface area contributed by atoms with Gasteiger partial charge in [-0.05, 0) is 34.6 Å². The van der Waals surface area contributed by atoms with Crippen LogP contribution < -0.4 is 5.73 Å². The van der Waals surface area contributed by atoms with Gasteiger partial charge in [-0.25, -0.2) is 19.6 Å². The van der Waals surface area contributed by atoms with Crippen molar-refractivity contribution in [2.45, 2.75) is 46.6 Å². The molecule has 2 aromatic rings. The highest BCUT2D eigenvalue weighted by molar-refractivity contribution is 7.17. The van der Waals surface area contributed by atoms with Gasteiger partial charge in [-0.3, -0.25) is 4.79 Å². The quantitative estimate of drug-likeness (QED) is 0.528. The van der Waals surface area contributed by atoms with Crippen LogP contribution in [-0.2, 0) is 25.4 Å². The van der Waals surface area contributed by atoms with E-state index in [2.05, 4.69) is 9.97 Å². The standard InChI is InChI=1S/C12H17NO4S.C6H8N2O2S/c1-5-16-11(15)8-7-13-9(18-8)6-10(14)17-12(2,3)4;1-2-10-5(9)4-3-8-6(7)11-4/h7H,5-6H2,1-4H3;3H,2H2,1H3,(H2,7,8). The molecular weight excluding hydrogens is 418 g/mol. The summed E-state index contributed by atoms with van der Waals surface area (Å²) in [6, 6.07) is 0. The third-order valence-corrected chi connectivity index (χ3v) is 4.53. The molecule has 2 N–H and O–H groups in total. The second-order valence-electron chi connectivity index (χ2n) is 6.39. The zero-order valence-corrected chi connectivity index (χ0v) is 18.6. The number of esters is 3. The van der Waals surface area contributed by atoms with Crippen LogP contribution in [0.4, 0.5) is 5.13 Å². The topological polar surface area (TPSA) is 131 Å². The van der Waals surface area contributed by atoms with E-state index in [-0.39, 0.29) is 18.4 Å². The number of carbonyl (C=O) groups is 3. The second-order valence-corrected chi connectivity index (χ2v) is 8.56. The predicted molar refractivity (Wildman–Crippen MR) is 110 cm³/mol. The number of hydrogen-bond acceptors (Lipinski definition) is 11. The fraction of sp³-hybridized carbons (Fsp3) is 0.500. The zero-order valence-electron chi connectivity index (χ0n) is 17.0. The van der Waals surface area contributed by atoms with Gasteiger partial charge in [0, 0.05) is 0 Å². The van der Waals surface area contributed by atoms with Gasteiger partial charge in [0.05, 0.1) is 32.0 Å². The lowest BCUT2D eigenvalue weighted by Crippen LogP contribution is -2.24. The van der Waals surface area contributed by atoms with E-state index in [1.54, 1.807) is 34.6 Å². The maximum Gasteiger partial charge on any atom is 0.350 e. The Morgan fingerprint density at radius 3 is 1.93 bits per heavy atom. The lowest BCUT2D eigenvalue weighted by atomic mass is 10.2. The molecule has 0 aromatic carbocycles. The van der Waals surface area contributed by atoms with Crippen LogP contribution in [0, 0.1) is 0 Å². The second kappa shape index (κ2) is 11.5. The summed E-state index contributed by atoms with van der Waals surface area (Å²) in [6.07, 6.45) is 2.90. The van der Waals surface area contributed by atoms with Crippen molar-refractivity contribution in [3.05, 3.63) is 27.2 Å². The van der Waals surface area contributed by atoms with Crippen molar-refractivity contribution in [3.63, 3.8) is 0 Å². The highest BCUT2D eigenvalue weighted by atomic mass is 32.1. The Labute approximate surface area is 177 Å². The number of anilines is 1. The van der Waals surface area contributed by atoms with E-state index in [1.165, 1.54) is 12.4 Å². The minimum atomic E-state index is -0.516. The van der Waals surface area contributed by atoms with E-state index in [9.17, 15) is 14.4 Å². The van der Waals surface area contributed by atoms with E-state index in [1.807, 2.05) is 0 Å². The Balaban J connectivity index is 0.000000326. The zero-order chi connectivity index (χ0) is 22.0. The van der Waals surface area contributed by atoms with Crippen molar-refractivity contribution in [1.29, 1.82) is 0 Å². The van der Waals surface area contributed by atoms with Crippen LogP contribution in [0.1, 0.15) is 59.0 Å². The summed E-state index contributed by atoms with van der Waals surface area (Å²) in [4.78, 5) is 42.5. The fourth-order valence-electron chi connectivity index (χ4n) is 1.77. The normalized spacial score (nSPS) is 10.5. The van der Waals surface area contributed by atoms with Crippen molar-refractivity contribution >= 4 is 45.7 Å². The average Bonchev–Trinajstić information content (AvgIpc) is 3.23. The van der Waals surface area contributed by atoms with Crippen LogP contribution in [0.15, 0.2) is 12.4 Å². The molecule has 0 amide bonds. The first-order valence-corrected chi connectivity index (χ1v) is 10.4. The molecule has 11 heteroatoms. The maximum absolute atomic E-state index is 11.6. The van der Waals surface area contributed by atoms with Gasteiger partial charge >= 0.3 is 17.9 Å². The number of ether oxygens (including phenoxy) is 3. The van der Waals surface area contributed by atoms with Crippen LogP contribution in [0.2, 0.25) is 0 Å². The number of thiazole rings is 2. The Hall–Kier alpha value is -2.53. The van der Waals surface area contributed by atoms with Gasteiger partial charge in [0.25, 0.3) is 0 Å². The first-order valence-electron chi connectivity index (χ1n) is 8.77. The number of nitrogens with zero attached hydrogens (tertiary/aromatic N) is 2. The van der Waals surface area contributed by atoms with Crippen LogP contribution in [0.25, 0.3) is 0 Å². The lowest BCUT2D eigenvalue weighted by molar-refractivity contribution is -0.153. The van der Waals surface area contributed by atoms with Crippen LogP contribution in [0.3, 0.4) is 0 Å². The largest absolute Gasteiger partial charge is 0.462 e. The van der Waals surface area contributed by atoms with Gasteiger partial charge in [-0.2, -0.15) is 0 Å². The van der Waals surface area contributed by atoms with E-state index >= 15 is 0 Å². The molecule has 0 spiro atoms. The van der Waals surface area contributed by atoms with Crippen LogP contribution in [-0.4, -0.2) is 46.7 Å². The Kier molecular flexibility index (Phi) is 9.69. The van der Waals surface area contributed by atoms with Gasteiger partial charge in [0.15, 0.2) is 5.13 Å². The van der Waals surface area contributed by atoms with Gasteiger partial charge in [0.2, 0.25) is 0 Å². The number of carbonyl (C=O) groups excluding carboxylic acids is 3. The minimum Gasteiger partial charge on any atom is -0.462 e. The SMILES string of the molecule is CCOC(=O)c1cnc(CC(=O)OC(C)(C)C)s1.CCOC(=O)c1cnc(N)s1. The molecule has 2 rings (SSSR count). The molecule has 0 radical (unpaired) electrons. The molecule has 160 valence electrons. The van der Waals surface area contributed by atoms with Crippen molar-refractivity contribution in [2.75, 3.05) is 18.9 Å². The molecule has 9 nitrogen and oxygen atoms in total. The molecule has 29 heavy (non-hydrogen) atoms. The van der Waals surface area contributed by atoms with E-state index < -0.39 is 11.6 Å². The van der Waals surface area contributed by atoms with Crippen molar-refractivity contribution in [2.24, 2.45) is 0 Å². The molecule has 2 aromatic heterocycles. The molecule has 0 atom stereocenters. The van der Waals surface area contributed by atoms with Crippen molar-refractivity contribution < 1.29 is 28.6 Å². The number of nitrogens with two attached hydrogens (primary N) is 1. The molecule has 0 saturated heterocycles. The van der Waals surface area contributed by atoms with Gasteiger partial charge in [-0.15, -0.1) is 11.3 Å². The first kappa shape index (κ1) is 24.5. The molecule has 2 heterocycles. The molecule has 0 bridgehead atoms. The predicted octanol–water partition coefficient (Wildman–Crippen LogP) is 3.11. The molecule has 0 aliphatic heterocycles. The first-order chi connectivity index (χ1) is 13.6. The minimum absolute atomic E-state index is 0.0708. The summed E-state index contributed by atoms with van der Waals surface area (Å²) in [5, 5.41) is 0.931. The average molecular weight is 444 g/mol. The van der Waals surface area contributed by atoms with Gasteiger partial charge in [0.1, 0.15) is 20.4 Å². The van der Waals surface area contributed by atoms with Crippen molar-refractivity contribution in [1.82, 2.24) is 9.97 Å². The van der Waals surface area contributed by atoms with Crippen molar-refractivity contribution in [3.8, 4) is 0 Å². The molecule has 0 aliphatic rings. The number of hydrogen-bond donors (Lipinski definition) is 1. The van der Waals surface area contributed by atoms with Gasteiger partial charge < -0.3 is 19.9 Å². The van der Waals surface area contributed by atoms with E-state index in [4.69, 9.17) is 19.9 Å². The Morgan fingerprint density at radius 1 is 0.966 bits per heavy atom. The molecule has 0 aliphatic carbocycles. The van der Waals surface area contributed by atoms with Gasteiger partial charge in [-0.1, -0.05) is 11.3 Å². The summed E-state index contributed by atoms with van der Waals surface area (Å²) < 4.78 is 14.7. The Morgan fingerprint density at radius 2 is 1.48 bits per heavy atom. The molecule has 0 saturated carbocycles.